The molecule has 10 heteroatoms. The molecule has 0 saturated carbocycles. The number of halogens is 1. The molecule has 0 unspecified atom stereocenters. The molecule has 1 N–H and O–H groups in total. The van der Waals surface area contributed by atoms with Gasteiger partial charge in [-0.2, -0.15) is 0 Å². The molecule has 3 aromatic rings. The van der Waals surface area contributed by atoms with Crippen LogP contribution in [0.4, 0.5) is 11.4 Å². The molecule has 0 spiro atoms. The van der Waals surface area contributed by atoms with Gasteiger partial charge in [0.25, 0.3) is 5.91 Å². The molecular formula is C22H23ClN6O3. The Bertz CT molecular complexity index is 1100. The van der Waals surface area contributed by atoms with Crippen LogP contribution in [-0.2, 0) is 9.53 Å². The number of nitrogens with zero attached hydrogens (tertiary/aromatic N) is 5. The van der Waals surface area contributed by atoms with Crippen LogP contribution < -0.4 is 10.2 Å². The Hall–Kier alpha value is -3.43. The van der Waals surface area contributed by atoms with Crippen molar-refractivity contribution < 1.29 is 14.3 Å². The van der Waals surface area contributed by atoms with Crippen molar-refractivity contribution in [3.05, 3.63) is 65.4 Å². The number of amides is 2. The number of likely N-dealkylation sites (N-methyl/N-ethyl adjacent to an activating group) is 1. The fraction of sp³-hybridized carbons (Fsp3) is 0.273. The maximum absolute atomic E-state index is 12.7. The zero-order valence-electron chi connectivity index (χ0n) is 17.6. The average Bonchev–Trinajstić information content (AvgIpc) is 3.30. The number of carbonyl (C=O) groups excluding carboxylic acids is 2. The summed E-state index contributed by atoms with van der Waals surface area (Å²) < 4.78 is 6.80. The van der Waals surface area contributed by atoms with E-state index in [0.29, 0.717) is 29.6 Å². The van der Waals surface area contributed by atoms with E-state index in [-0.39, 0.29) is 18.1 Å². The molecule has 2 amide bonds. The second-order valence-corrected chi connectivity index (χ2v) is 7.76. The van der Waals surface area contributed by atoms with Gasteiger partial charge in [0.15, 0.2) is 5.69 Å². The van der Waals surface area contributed by atoms with Crippen LogP contribution in [0.5, 0.6) is 0 Å². The highest BCUT2D eigenvalue weighted by molar-refractivity contribution is 6.32. The Morgan fingerprint density at radius 3 is 2.56 bits per heavy atom. The van der Waals surface area contributed by atoms with Crippen molar-refractivity contribution in [2.24, 2.45) is 0 Å². The lowest BCUT2D eigenvalue weighted by molar-refractivity contribution is -0.116. The van der Waals surface area contributed by atoms with Crippen molar-refractivity contribution in [1.82, 2.24) is 19.9 Å². The third-order valence-electron chi connectivity index (χ3n) is 5.07. The van der Waals surface area contributed by atoms with Crippen molar-refractivity contribution in [3.63, 3.8) is 0 Å². The Labute approximate surface area is 190 Å². The molecule has 0 radical (unpaired) electrons. The van der Waals surface area contributed by atoms with Crippen molar-refractivity contribution in [2.45, 2.75) is 0 Å². The fourth-order valence-corrected chi connectivity index (χ4v) is 3.60. The molecule has 1 aliphatic heterocycles. The van der Waals surface area contributed by atoms with Gasteiger partial charge in [0.05, 0.1) is 36.7 Å². The van der Waals surface area contributed by atoms with Gasteiger partial charge in [-0.15, -0.1) is 5.10 Å². The molecule has 9 nitrogen and oxygen atoms in total. The summed E-state index contributed by atoms with van der Waals surface area (Å²) in [4.78, 5) is 28.6. The lowest BCUT2D eigenvalue weighted by Crippen LogP contribution is -2.36. The van der Waals surface area contributed by atoms with Crippen LogP contribution in [0.15, 0.2) is 54.7 Å². The van der Waals surface area contributed by atoms with Crippen LogP contribution in [-0.4, -0.2) is 71.6 Å². The summed E-state index contributed by atoms with van der Waals surface area (Å²) in [7, 11) is 1.54. The highest BCUT2D eigenvalue weighted by atomic mass is 35.5. The molecular weight excluding hydrogens is 432 g/mol. The molecule has 2 heterocycles. The lowest BCUT2D eigenvalue weighted by Gasteiger charge is -2.28. The van der Waals surface area contributed by atoms with Gasteiger partial charge in [-0.1, -0.05) is 28.9 Å². The summed E-state index contributed by atoms with van der Waals surface area (Å²) in [6, 6.07) is 14.7. The molecule has 0 aliphatic carbocycles. The first-order valence-electron chi connectivity index (χ1n) is 10.2. The zero-order valence-corrected chi connectivity index (χ0v) is 18.3. The molecule has 1 aliphatic rings. The van der Waals surface area contributed by atoms with Gasteiger partial charge in [-0.25, -0.2) is 4.68 Å². The number of carbonyl (C=O) groups is 2. The molecule has 1 aromatic heterocycles. The average molecular weight is 455 g/mol. The second-order valence-electron chi connectivity index (χ2n) is 7.36. The Morgan fingerprint density at radius 1 is 1.12 bits per heavy atom. The Morgan fingerprint density at radius 2 is 1.84 bits per heavy atom. The summed E-state index contributed by atoms with van der Waals surface area (Å²) >= 11 is 6.16. The van der Waals surface area contributed by atoms with Crippen molar-refractivity contribution in [1.29, 1.82) is 0 Å². The molecule has 32 heavy (non-hydrogen) atoms. The minimum absolute atomic E-state index is 0.120. The quantitative estimate of drug-likeness (QED) is 0.615. The number of anilines is 2. The second kappa shape index (κ2) is 9.80. The maximum atomic E-state index is 12.7. The number of rotatable bonds is 6. The van der Waals surface area contributed by atoms with E-state index in [0.717, 1.165) is 18.8 Å². The molecule has 166 valence electrons. The lowest BCUT2D eigenvalue weighted by atomic mass is 10.2. The molecule has 0 atom stereocenters. The summed E-state index contributed by atoms with van der Waals surface area (Å²) in [6.07, 6.45) is 1.49. The number of morpholine rings is 1. The first-order valence-corrected chi connectivity index (χ1v) is 10.5. The number of para-hydroxylation sites is 1. The predicted molar refractivity (Wildman–Crippen MR) is 121 cm³/mol. The van der Waals surface area contributed by atoms with Gasteiger partial charge in [-0.3, -0.25) is 9.59 Å². The molecule has 4 rings (SSSR count). The molecule has 2 aromatic carbocycles. The minimum atomic E-state index is -0.416. The normalized spacial score (nSPS) is 13.6. The van der Waals surface area contributed by atoms with Crippen LogP contribution in [0.1, 0.15) is 10.5 Å². The summed E-state index contributed by atoms with van der Waals surface area (Å²) in [6.45, 7) is 3.00. The van der Waals surface area contributed by atoms with E-state index in [1.807, 2.05) is 30.3 Å². The van der Waals surface area contributed by atoms with Gasteiger partial charge in [0.2, 0.25) is 5.91 Å². The number of ether oxygens (including phenoxy) is 1. The minimum Gasteiger partial charge on any atom is -0.378 e. The number of benzene rings is 2. The largest absolute Gasteiger partial charge is 0.378 e. The van der Waals surface area contributed by atoms with E-state index in [4.69, 9.17) is 16.3 Å². The Balaban J connectivity index is 1.33. The van der Waals surface area contributed by atoms with E-state index in [1.54, 1.807) is 18.2 Å². The third kappa shape index (κ3) is 5.06. The van der Waals surface area contributed by atoms with E-state index < -0.39 is 5.91 Å². The van der Waals surface area contributed by atoms with Crippen LogP contribution in [0.25, 0.3) is 5.69 Å². The van der Waals surface area contributed by atoms with E-state index in [2.05, 4.69) is 20.5 Å². The van der Waals surface area contributed by atoms with Gasteiger partial charge in [0, 0.05) is 31.5 Å². The maximum Gasteiger partial charge on any atom is 0.276 e. The van der Waals surface area contributed by atoms with E-state index in [9.17, 15) is 9.59 Å². The highest BCUT2D eigenvalue weighted by Gasteiger charge is 2.19. The Kier molecular flexibility index (Phi) is 6.67. The number of aromatic nitrogens is 3. The monoisotopic (exact) mass is 454 g/mol. The summed E-state index contributed by atoms with van der Waals surface area (Å²) in [5.74, 6) is -0.723. The standard InChI is InChI=1S/C22H23ClN6O3/c1-27(22(31)19-14-29(26-25-19)20-5-3-2-4-18(20)23)15-21(30)24-16-6-8-17(9-7-16)28-10-12-32-13-11-28/h2-9,14H,10-13,15H2,1H3,(H,24,30). The highest BCUT2D eigenvalue weighted by Crippen LogP contribution is 2.20. The molecule has 0 bridgehead atoms. The molecule has 1 fully saturated rings. The van der Waals surface area contributed by atoms with Crippen molar-refractivity contribution in [3.8, 4) is 5.69 Å². The van der Waals surface area contributed by atoms with E-state index in [1.165, 1.54) is 22.8 Å². The van der Waals surface area contributed by atoms with Crippen LogP contribution in [0, 0.1) is 0 Å². The van der Waals surface area contributed by atoms with Crippen molar-refractivity contribution >= 4 is 34.8 Å². The van der Waals surface area contributed by atoms with Gasteiger partial charge >= 0.3 is 0 Å². The first kappa shape index (κ1) is 21.8. The van der Waals surface area contributed by atoms with Gasteiger partial charge < -0.3 is 19.9 Å². The van der Waals surface area contributed by atoms with Gasteiger partial charge in [-0.05, 0) is 36.4 Å². The smallest absolute Gasteiger partial charge is 0.276 e. The van der Waals surface area contributed by atoms with Crippen LogP contribution in [0.3, 0.4) is 0 Å². The zero-order chi connectivity index (χ0) is 22.5. The van der Waals surface area contributed by atoms with E-state index >= 15 is 0 Å². The first-order chi connectivity index (χ1) is 15.5. The van der Waals surface area contributed by atoms with Gasteiger partial charge in [0.1, 0.15) is 0 Å². The summed E-state index contributed by atoms with van der Waals surface area (Å²) in [5.41, 5.74) is 2.48. The fourth-order valence-electron chi connectivity index (χ4n) is 3.38. The number of nitrogens with one attached hydrogen (secondary N) is 1. The molecule has 1 saturated heterocycles. The van der Waals surface area contributed by atoms with Crippen LogP contribution >= 0.6 is 11.6 Å². The van der Waals surface area contributed by atoms with Crippen LogP contribution in [0.2, 0.25) is 5.02 Å². The number of hydrogen-bond donors (Lipinski definition) is 1. The van der Waals surface area contributed by atoms with Crippen molar-refractivity contribution in [2.75, 3.05) is 50.1 Å². The topological polar surface area (TPSA) is 92.6 Å². The predicted octanol–water partition coefficient (Wildman–Crippen LogP) is 2.47. The third-order valence-corrected chi connectivity index (χ3v) is 5.39. The summed E-state index contributed by atoms with van der Waals surface area (Å²) in [5, 5.41) is 11.2. The number of hydrogen-bond acceptors (Lipinski definition) is 6. The SMILES string of the molecule is CN(CC(=O)Nc1ccc(N2CCOCC2)cc1)C(=O)c1cn(-c2ccccc2Cl)nn1.